The molecule has 0 saturated carbocycles. The van der Waals surface area contributed by atoms with Crippen LogP contribution in [0.3, 0.4) is 0 Å². The van der Waals surface area contributed by atoms with Gasteiger partial charge in [-0.05, 0) is 31.4 Å². The fourth-order valence-electron chi connectivity index (χ4n) is 2.79. The Kier molecular flexibility index (Phi) is 3.69. The Hall–Kier alpha value is -1.55. The van der Waals surface area contributed by atoms with Crippen molar-refractivity contribution >= 4 is 17.3 Å². The van der Waals surface area contributed by atoms with Gasteiger partial charge in [0.2, 0.25) is 5.91 Å². The quantitative estimate of drug-likeness (QED) is 0.906. The number of carbonyl (C=O) groups excluding carboxylic acids is 1. The maximum atomic E-state index is 12.2. The third kappa shape index (κ3) is 2.73. The first kappa shape index (κ1) is 12.5. The predicted molar refractivity (Wildman–Crippen MR) is 75.4 cm³/mol. The Bertz CT molecular complexity index is 449. The zero-order chi connectivity index (χ0) is 13.1. The van der Waals surface area contributed by atoms with E-state index in [9.17, 15) is 4.79 Å². The lowest BCUT2D eigenvalue weighted by Crippen LogP contribution is -2.25. The zero-order valence-corrected chi connectivity index (χ0v) is 11.1. The van der Waals surface area contributed by atoms with Crippen molar-refractivity contribution in [1.29, 1.82) is 0 Å². The summed E-state index contributed by atoms with van der Waals surface area (Å²) < 4.78 is 5.27. The Morgan fingerprint density at radius 1 is 1.26 bits per heavy atom. The molecule has 2 saturated heterocycles. The van der Waals surface area contributed by atoms with E-state index in [0.717, 1.165) is 30.9 Å². The van der Waals surface area contributed by atoms with E-state index in [2.05, 4.69) is 16.3 Å². The van der Waals surface area contributed by atoms with Crippen molar-refractivity contribution < 1.29 is 9.53 Å². The molecule has 0 radical (unpaired) electrons. The summed E-state index contributed by atoms with van der Waals surface area (Å²) in [6, 6.07) is 8.08. The summed E-state index contributed by atoms with van der Waals surface area (Å²) in [5.74, 6) is 0.0933. The van der Waals surface area contributed by atoms with Crippen molar-refractivity contribution in [1.82, 2.24) is 0 Å². The summed E-state index contributed by atoms with van der Waals surface area (Å²) in [4.78, 5) is 14.5. The molecule has 3 rings (SSSR count). The standard InChI is InChI=1S/C15H20N2O2/c18-15(12-7-10-19-11-12)16-13-5-1-2-6-14(13)17-8-3-4-9-17/h1-2,5-6,12H,3-4,7-11H2,(H,16,18). The van der Waals surface area contributed by atoms with E-state index in [-0.39, 0.29) is 11.8 Å². The molecule has 4 heteroatoms. The number of hydrogen-bond acceptors (Lipinski definition) is 3. The number of anilines is 2. The average Bonchev–Trinajstić information content (AvgIpc) is 3.13. The van der Waals surface area contributed by atoms with E-state index in [0.29, 0.717) is 13.2 Å². The summed E-state index contributed by atoms with van der Waals surface area (Å²) in [6.07, 6.45) is 3.30. The fraction of sp³-hybridized carbons (Fsp3) is 0.533. The minimum atomic E-state index is 0.00614. The number of carbonyl (C=O) groups is 1. The van der Waals surface area contributed by atoms with Gasteiger partial charge in [0.15, 0.2) is 0 Å². The second kappa shape index (κ2) is 5.61. The van der Waals surface area contributed by atoms with Crippen LogP contribution in [0.15, 0.2) is 24.3 Å². The molecule has 102 valence electrons. The van der Waals surface area contributed by atoms with Gasteiger partial charge in [-0.15, -0.1) is 0 Å². The second-order valence-electron chi connectivity index (χ2n) is 5.26. The molecule has 1 unspecified atom stereocenters. The van der Waals surface area contributed by atoms with Gasteiger partial charge in [0, 0.05) is 19.7 Å². The zero-order valence-electron chi connectivity index (χ0n) is 11.1. The van der Waals surface area contributed by atoms with Crippen LogP contribution >= 0.6 is 0 Å². The first-order valence-electron chi connectivity index (χ1n) is 7.07. The minimum Gasteiger partial charge on any atom is -0.381 e. The van der Waals surface area contributed by atoms with Gasteiger partial charge >= 0.3 is 0 Å². The van der Waals surface area contributed by atoms with Crippen LogP contribution in [0.1, 0.15) is 19.3 Å². The molecular weight excluding hydrogens is 240 g/mol. The van der Waals surface area contributed by atoms with Crippen LogP contribution in [0.5, 0.6) is 0 Å². The third-order valence-electron chi connectivity index (χ3n) is 3.91. The SMILES string of the molecule is O=C(Nc1ccccc1N1CCCC1)C1CCOC1. The van der Waals surface area contributed by atoms with Gasteiger partial charge in [-0.1, -0.05) is 12.1 Å². The van der Waals surface area contributed by atoms with Crippen LogP contribution in [0.4, 0.5) is 11.4 Å². The average molecular weight is 260 g/mol. The van der Waals surface area contributed by atoms with E-state index in [1.165, 1.54) is 12.8 Å². The molecule has 1 amide bonds. The van der Waals surface area contributed by atoms with Crippen LogP contribution < -0.4 is 10.2 Å². The lowest BCUT2D eigenvalue weighted by molar-refractivity contribution is -0.119. The summed E-state index contributed by atoms with van der Waals surface area (Å²) in [5.41, 5.74) is 2.08. The van der Waals surface area contributed by atoms with Crippen molar-refractivity contribution in [3.05, 3.63) is 24.3 Å². The molecule has 2 fully saturated rings. The van der Waals surface area contributed by atoms with Gasteiger partial charge < -0.3 is 15.0 Å². The van der Waals surface area contributed by atoms with Crippen molar-refractivity contribution in [3.63, 3.8) is 0 Å². The van der Waals surface area contributed by atoms with Crippen LogP contribution in [-0.4, -0.2) is 32.2 Å². The lowest BCUT2D eigenvalue weighted by Gasteiger charge is -2.22. The maximum absolute atomic E-state index is 12.2. The molecule has 0 aliphatic carbocycles. The summed E-state index contributed by atoms with van der Waals surface area (Å²) in [5, 5.41) is 3.07. The third-order valence-corrected chi connectivity index (χ3v) is 3.91. The molecule has 1 aromatic carbocycles. The first-order chi connectivity index (χ1) is 9.34. The largest absolute Gasteiger partial charge is 0.381 e. The maximum Gasteiger partial charge on any atom is 0.229 e. The van der Waals surface area contributed by atoms with Crippen LogP contribution in [-0.2, 0) is 9.53 Å². The summed E-state index contributed by atoms with van der Waals surface area (Å²) in [6.45, 7) is 3.42. The highest BCUT2D eigenvalue weighted by Crippen LogP contribution is 2.29. The molecule has 1 atom stereocenters. The highest BCUT2D eigenvalue weighted by atomic mass is 16.5. The fourth-order valence-corrected chi connectivity index (χ4v) is 2.79. The van der Waals surface area contributed by atoms with Gasteiger partial charge in [0.1, 0.15) is 0 Å². The van der Waals surface area contributed by atoms with E-state index < -0.39 is 0 Å². The molecule has 2 aliphatic heterocycles. The van der Waals surface area contributed by atoms with Crippen LogP contribution in [0.25, 0.3) is 0 Å². The Morgan fingerprint density at radius 3 is 2.79 bits per heavy atom. The molecule has 0 aromatic heterocycles. The monoisotopic (exact) mass is 260 g/mol. The van der Waals surface area contributed by atoms with E-state index in [4.69, 9.17) is 4.74 Å². The number of nitrogens with one attached hydrogen (secondary N) is 1. The highest BCUT2D eigenvalue weighted by molar-refractivity contribution is 5.96. The van der Waals surface area contributed by atoms with E-state index >= 15 is 0 Å². The topological polar surface area (TPSA) is 41.6 Å². The van der Waals surface area contributed by atoms with Crippen LogP contribution in [0.2, 0.25) is 0 Å². The second-order valence-corrected chi connectivity index (χ2v) is 5.26. The predicted octanol–water partition coefficient (Wildman–Crippen LogP) is 2.26. The number of rotatable bonds is 3. The molecule has 1 N–H and O–H groups in total. The lowest BCUT2D eigenvalue weighted by atomic mass is 10.1. The molecule has 0 bridgehead atoms. The van der Waals surface area contributed by atoms with Crippen LogP contribution in [0, 0.1) is 5.92 Å². The van der Waals surface area contributed by atoms with E-state index in [1.54, 1.807) is 0 Å². The number of amides is 1. The van der Waals surface area contributed by atoms with Crippen molar-refractivity contribution in [3.8, 4) is 0 Å². The molecule has 19 heavy (non-hydrogen) atoms. The van der Waals surface area contributed by atoms with Gasteiger partial charge in [-0.2, -0.15) is 0 Å². The Morgan fingerprint density at radius 2 is 2.05 bits per heavy atom. The molecule has 2 aliphatic rings. The van der Waals surface area contributed by atoms with Gasteiger partial charge in [-0.25, -0.2) is 0 Å². The first-order valence-corrected chi connectivity index (χ1v) is 7.07. The van der Waals surface area contributed by atoms with Crippen molar-refractivity contribution in [2.75, 3.05) is 36.5 Å². The van der Waals surface area contributed by atoms with Crippen molar-refractivity contribution in [2.24, 2.45) is 5.92 Å². The summed E-state index contributed by atoms with van der Waals surface area (Å²) >= 11 is 0. The van der Waals surface area contributed by atoms with Gasteiger partial charge in [-0.3, -0.25) is 4.79 Å². The van der Waals surface area contributed by atoms with Gasteiger partial charge in [0.25, 0.3) is 0 Å². The van der Waals surface area contributed by atoms with E-state index in [1.807, 2.05) is 18.2 Å². The molecule has 1 aromatic rings. The number of nitrogens with zero attached hydrogens (tertiary/aromatic N) is 1. The molecule has 2 heterocycles. The molecule has 4 nitrogen and oxygen atoms in total. The van der Waals surface area contributed by atoms with Gasteiger partial charge in [0.05, 0.1) is 23.9 Å². The Balaban J connectivity index is 1.74. The molecule has 0 spiro atoms. The summed E-state index contributed by atoms with van der Waals surface area (Å²) in [7, 11) is 0. The van der Waals surface area contributed by atoms with Crippen molar-refractivity contribution in [2.45, 2.75) is 19.3 Å². The minimum absolute atomic E-state index is 0.00614. The normalized spacial score (nSPS) is 22.7. The number of para-hydroxylation sites is 2. The number of ether oxygens (including phenoxy) is 1. The molecular formula is C15H20N2O2. The number of benzene rings is 1. The smallest absolute Gasteiger partial charge is 0.229 e. The highest BCUT2D eigenvalue weighted by Gasteiger charge is 2.24. The number of hydrogen-bond donors (Lipinski definition) is 1. The Labute approximate surface area is 113 Å².